The molecule has 68 valence electrons. The number of rotatable bonds is 1. The van der Waals surface area contributed by atoms with Crippen LogP contribution in [0.3, 0.4) is 0 Å². The van der Waals surface area contributed by atoms with Crippen LogP contribution < -0.4 is 5.32 Å². The standard InChI is InChI=1S/C8H6BrFN2O/c1-11-8-12-6-3-4(10)2-5(9)7(6)13-8/h2-3H,1H3,(H,11,12). The van der Waals surface area contributed by atoms with E-state index in [1.54, 1.807) is 7.05 Å². The van der Waals surface area contributed by atoms with Gasteiger partial charge in [-0.05, 0) is 22.0 Å². The second-order valence-corrected chi connectivity index (χ2v) is 3.36. The highest BCUT2D eigenvalue weighted by atomic mass is 79.9. The molecule has 3 nitrogen and oxygen atoms in total. The van der Waals surface area contributed by atoms with Gasteiger partial charge in [0.1, 0.15) is 11.3 Å². The van der Waals surface area contributed by atoms with Gasteiger partial charge in [0.15, 0.2) is 5.58 Å². The summed E-state index contributed by atoms with van der Waals surface area (Å²) < 4.78 is 18.7. The topological polar surface area (TPSA) is 38.1 Å². The van der Waals surface area contributed by atoms with Crippen molar-refractivity contribution in [1.82, 2.24) is 4.98 Å². The Kier molecular flexibility index (Phi) is 1.95. The molecule has 0 aliphatic rings. The molecular formula is C8H6BrFN2O. The molecule has 0 spiro atoms. The molecule has 0 amide bonds. The molecule has 1 N–H and O–H groups in total. The van der Waals surface area contributed by atoms with Crippen molar-refractivity contribution >= 4 is 33.0 Å². The zero-order valence-electron chi connectivity index (χ0n) is 6.77. The van der Waals surface area contributed by atoms with Crippen molar-refractivity contribution in [2.45, 2.75) is 0 Å². The first-order valence-corrected chi connectivity index (χ1v) is 4.43. The summed E-state index contributed by atoms with van der Waals surface area (Å²) in [5, 5.41) is 2.74. The fourth-order valence-electron chi connectivity index (χ4n) is 1.07. The third-order valence-electron chi connectivity index (χ3n) is 1.62. The van der Waals surface area contributed by atoms with E-state index in [0.717, 1.165) is 0 Å². The largest absolute Gasteiger partial charge is 0.422 e. The maximum Gasteiger partial charge on any atom is 0.295 e. The van der Waals surface area contributed by atoms with E-state index in [1.165, 1.54) is 12.1 Å². The Labute approximate surface area is 82.1 Å². The van der Waals surface area contributed by atoms with Crippen molar-refractivity contribution in [2.24, 2.45) is 0 Å². The zero-order chi connectivity index (χ0) is 9.42. The number of aromatic nitrogens is 1. The Bertz CT molecular complexity index is 455. The Balaban J connectivity index is 2.75. The van der Waals surface area contributed by atoms with Crippen LogP contribution in [0.5, 0.6) is 0 Å². The molecule has 0 bridgehead atoms. The minimum atomic E-state index is -0.338. The number of halogens is 2. The van der Waals surface area contributed by atoms with Crippen LogP contribution in [0.1, 0.15) is 0 Å². The highest BCUT2D eigenvalue weighted by molar-refractivity contribution is 9.10. The number of hydrogen-bond acceptors (Lipinski definition) is 3. The SMILES string of the molecule is CNc1nc2cc(F)cc(Br)c2o1. The van der Waals surface area contributed by atoms with E-state index >= 15 is 0 Å². The number of nitrogens with one attached hydrogen (secondary N) is 1. The first-order chi connectivity index (χ1) is 6.20. The highest BCUT2D eigenvalue weighted by Crippen LogP contribution is 2.27. The van der Waals surface area contributed by atoms with Gasteiger partial charge in [0, 0.05) is 13.1 Å². The van der Waals surface area contributed by atoms with Crippen LogP contribution in [0, 0.1) is 5.82 Å². The molecule has 0 aliphatic heterocycles. The van der Waals surface area contributed by atoms with Crippen LogP contribution in [0.15, 0.2) is 21.0 Å². The molecule has 1 aromatic carbocycles. The van der Waals surface area contributed by atoms with Gasteiger partial charge in [-0.25, -0.2) is 4.39 Å². The second-order valence-electron chi connectivity index (χ2n) is 2.50. The summed E-state index contributed by atoms with van der Waals surface area (Å²) in [7, 11) is 1.69. The van der Waals surface area contributed by atoms with Crippen LogP contribution in [0.2, 0.25) is 0 Å². The van der Waals surface area contributed by atoms with E-state index in [0.29, 0.717) is 21.6 Å². The van der Waals surface area contributed by atoms with Gasteiger partial charge < -0.3 is 9.73 Å². The van der Waals surface area contributed by atoms with Gasteiger partial charge >= 0.3 is 0 Å². The molecule has 0 saturated heterocycles. The third kappa shape index (κ3) is 1.39. The normalized spacial score (nSPS) is 10.7. The van der Waals surface area contributed by atoms with Crippen molar-refractivity contribution in [3.05, 3.63) is 22.4 Å². The van der Waals surface area contributed by atoms with Crippen molar-refractivity contribution in [3.8, 4) is 0 Å². The number of benzene rings is 1. The summed E-state index contributed by atoms with van der Waals surface area (Å²) in [6.45, 7) is 0. The first-order valence-electron chi connectivity index (χ1n) is 3.64. The molecule has 1 heterocycles. The minimum absolute atomic E-state index is 0.338. The molecule has 0 unspecified atom stereocenters. The molecule has 2 aromatic rings. The van der Waals surface area contributed by atoms with E-state index in [9.17, 15) is 4.39 Å². The summed E-state index contributed by atoms with van der Waals surface area (Å²) in [6.07, 6.45) is 0. The predicted octanol–water partition coefficient (Wildman–Crippen LogP) is 2.77. The lowest BCUT2D eigenvalue weighted by molar-refractivity contribution is 0.612. The predicted molar refractivity (Wildman–Crippen MR) is 51.2 cm³/mol. The first kappa shape index (κ1) is 8.50. The molecule has 2 rings (SSSR count). The Hall–Kier alpha value is -1.10. The van der Waals surface area contributed by atoms with Crippen molar-refractivity contribution < 1.29 is 8.81 Å². The van der Waals surface area contributed by atoms with Crippen molar-refractivity contribution in [2.75, 3.05) is 12.4 Å². The minimum Gasteiger partial charge on any atom is -0.422 e. The van der Waals surface area contributed by atoms with Crippen LogP contribution in [-0.4, -0.2) is 12.0 Å². The Morgan fingerprint density at radius 3 is 3.00 bits per heavy atom. The zero-order valence-corrected chi connectivity index (χ0v) is 8.35. The summed E-state index contributed by atoms with van der Waals surface area (Å²) in [5.41, 5.74) is 1.04. The summed E-state index contributed by atoms with van der Waals surface area (Å²) in [4.78, 5) is 4.01. The number of oxazole rings is 1. The Morgan fingerprint density at radius 1 is 1.54 bits per heavy atom. The van der Waals surface area contributed by atoms with E-state index in [2.05, 4.69) is 26.2 Å². The van der Waals surface area contributed by atoms with Crippen LogP contribution in [0.25, 0.3) is 11.1 Å². The van der Waals surface area contributed by atoms with Gasteiger partial charge in [-0.1, -0.05) is 0 Å². The number of anilines is 1. The van der Waals surface area contributed by atoms with Gasteiger partial charge in [-0.3, -0.25) is 0 Å². The van der Waals surface area contributed by atoms with Gasteiger partial charge in [-0.2, -0.15) is 4.98 Å². The molecule has 0 fully saturated rings. The van der Waals surface area contributed by atoms with Crippen molar-refractivity contribution in [1.29, 1.82) is 0 Å². The van der Waals surface area contributed by atoms with Crippen LogP contribution >= 0.6 is 15.9 Å². The maximum atomic E-state index is 12.9. The Morgan fingerprint density at radius 2 is 2.31 bits per heavy atom. The van der Waals surface area contributed by atoms with E-state index < -0.39 is 0 Å². The lowest BCUT2D eigenvalue weighted by Crippen LogP contribution is -1.85. The number of nitrogens with zero attached hydrogens (tertiary/aromatic N) is 1. The van der Waals surface area contributed by atoms with E-state index in [1.807, 2.05) is 0 Å². The lowest BCUT2D eigenvalue weighted by Gasteiger charge is -1.90. The van der Waals surface area contributed by atoms with Gasteiger partial charge in [0.2, 0.25) is 0 Å². The third-order valence-corrected chi connectivity index (χ3v) is 2.21. The monoisotopic (exact) mass is 244 g/mol. The lowest BCUT2D eigenvalue weighted by atomic mass is 10.3. The molecular weight excluding hydrogens is 239 g/mol. The average Bonchev–Trinajstić information content (AvgIpc) is 2.47. The summed E-state index contributed by atoms with van der Waals surface area (Å²) in [5.74, 6) is -0.338. The fraction of sp³-hybridized carbons (Fsp3) is 0.125. The quantitative estimate of drug-likeness (QED) is 0.839. The maximum absolute atomic E-state index is 12.9. The number of fused-ring (bicyclic) bond motifs is 1. The molecule has 0 atom stereocenters. The molecule has 0 saturated carbocycles. The molecule has 1 aromatic heterocycles. The second kappa shape index (κ2) is 2.99. The average molecular weight is 245 g/mol. The summed E-state index contributed by atoms with van der Waals surface area (Å²) >= 11 is 3.19. The van der Waals surface area contributed by atoms with Gasteiger partial charge in [-0.15, -0.1) is 0 Å². The van der Waals surface area contributed by atoms with Crippen LogP contribution in [0.4, 0.5) is 10.4 Å². The number of hydrogen-bond donors (Lipinski definition) is 1. The van der Waals surface area contributed by atoms with Gasteiger partial charge in [0.25, 0.3) is 6.01 Å². The summed E-state index contributed by atoms with van der Waals surface area (Å²) in [6, 6.07) is 3.04. The van der Waals surface area contributed by atoms with Gasteiger partial charge in [0.05, 0.1) is 4.47 Å². The molecule has 5 heteroatoms. The molecule has 13 heavy (non-hydrogen) atoms. The highest BCUT2D eigenvalue weighted by Gasteiger charge is 2.09. The van der Waals surface area contributed by atoms with Crippen LogP contribution in [-0.2, 0) is 0 Å². The van der Waals surface area contributed by atoms with E-state index in [4.69, 9.17) is 4.42 Å². The fourth-order valence-corrected chi connectivity index (χ4v) is 1.57. The molecule has 0 radical (unpaired) electrons. The van der Waals surface area contributed by atoms with Crippen molar-refractivity contribution in [3.63, 3.8) is 0 Å². The molecule has 0 aliphatic carbocycles. The smallest absolute Gasteiger partial charge is 0.295 e. The van der Waals surface area contributed by atoms with E-state index in [-0.39, 0.29) is 5.82 Å².